The number of nitrogens with one attached hydrogen (secondary N) is 1. The highest BCUT2D eigenvalue weighted by molar-refractivity contribution is 6.31. The monoisotopic (exact) mass is 197 g/mol. The van der Waals surface area contributed by atoms with Gasteiger partial charge in [0.15, 0.2) is 0 Å². The van der Waals surface area contributed by atoms with Gasteiger partial charge in [0.25, 0.3) is 0 Å². The van der Waals surface area contributed by atoms with Crippen LogP contribution in [0, 0.1) is 0 Å². The van der Waals surface area contributed by atoms with E-state index in [0.29, 0.717) is 13.0 Å². The van der Waals surface area contributed by atoms with Crippen molar-refractivity contribution < 1.29 is 14.7 Å². The molecule has 0 aliphatic heterocycles. The van der Waals surface area contributed by atoms with Crippen LogP contribution >= 0.6 is 0 Å². The van der Waals surface area contributed by atoms with E-state index < -0.39 is 11.9 Å². The summed E-state index contributed by atoms with van der Waals surface area (Å²) in [5.41, 5.74) is 0.957. The number of nitrogens with zero attached hydrogens (tertiary/aromatic N) is 2. The van der Waals surface area contributed by atoms with Crippen LogP contribution in [0.4, 0.5) is 0 Å². The molecule has 76 valence electrons. The lowest BCUT2D eigenvalue weighted by atomic mass is 10.2. The fraction of sp³-hybridized carbons (Fsp3) is 0.375. The smallest absolute Gasteiger partial charge is 0.394 e. The molecule has 2 N–H and O–H groups in total. The maximum absolute atomic E-state index is 10.6. The zero-order valence-corrected chi connectivity index (χ0v) is 7.73. The molecule has 0 saturated heterocycles. The third kappa shape index (κ3) is 2.89. The number of hydrogen-bond donors (Lipinski definition) is 2. The molecule has 0 atom stereocenters. The summed E-state index contributed by atoms with van der Waals surface area (Å²) < 4.78 is 1.65. The summed E-state index contributed by atoms with van der Waals surface area (Å²) in [7, 11) is 1.79. The minimum Gasteiger partial charge on any atom is -0.474 e. The number of amides is 1. The average Bonchev–Trinajstić information content (AvgIpc) is 2.51. The molecule has 6 heteroatoms. The van der Waals surface area contributed by atoms with Gasteiger partial charge in [-0.2, -0.15) is 5.10 Å². The molecule has 0 bridgehead atoms. The van der Waals surface area contributed by atoms with Crippen LogP contribution in [0.1, 0.15) is 5.56 Å². The first-order valence-corrected chi connectivity index (χ1v) is 4.08. The second kappa shape index (κ2) is 4.40. The van der Waals surface area contributed by atoms with Crippen LogP contribution in [-0.4, -0.2) is 33.3 Å². The lowest BCUT2D eigenvalue weighted by Gasteiger charge is -1.98. The second-order valence-corrected chi connectivity index (χ2v) is 2.83. The van der Waals surface area contributed by atoms with Crippen molar-refractivity contribution in [2.24, 2.45) is 7.05 Å². The molecule has 0 aromatic carbocycles. The molecule has 1 rings (SSSR count). The van der Waals surface area contributed by atoms with Gasteiger partial charge in [-0.05, 0) is 12.0 Å². The van der Waals surface area contributed by atoms with E-state index in [-0.39, 0.29) is 0 Å². The van der Waals surface area contributed by atoms with Crippen LogP contribution in [0.5, 0.6) is 0 Å². The van der Waals surface area contributed by atoms with Crippen molar-refractivity contribution in [2.45, 2.75) is 6.42 Å². The Labute approximate surface area is 80.5 Å². The molecule has 0 fully saturated rings. The van der Waals surface area contributed by atoms with E-state index in [1.54, 1.807) is 17.9 Å². The van der Waals surface area contributed by atoms with Crippen LogP contribution in [0.25, 0.3) is 0 Å². The minimum absolute atomic E-state index is 0.302. The first kappa shape index (κ1) is 10.2. The van der Waals surface area contributed by atoms with Gasteiger partial charge in [0.2, 0.25) is 0 Å². The van der Waals surface area contributed by atoms with E-state index in [9.17, 15) is 9.59 Å². The molecule has 0 aliphatic rings. The van der Waals surface area contributed by atoms with E-state index >= 15 is 0 Å². The Morgan fingerprint density at radius 2 is 2.36 bits per heavy atom. The van der Waals surface area contributed by atoms with Crippen molar-refractivity contribution in [1.82, 2.24) is 15.1 Å². The van der Waals surface area contributed by atoms with E-state index in [0.717, 1.165) is 5.56 Å². The van der Waals surface area contributed by atoms with E-state index in [1.807, 2.05) is 6.20 Å². The molecular weight excluding hydrogens is 186 g/mol. The van der Waals surface area contributed by atoms with Gasteiger partial charge in [0, 0.05) is 19.8 Å². The van der Waals surface area contributed by atoms with Gasteiger partial charge in [0.05, 0.1) is 6.20 Å². The Bertz CT molecular complexity index is 345. The number of carboxylic acids is 1. The average molecular weight is 197 g/mol. The van der Waals surface area contributed by atoms with E-state index in [2.05, 4.69) is 10.4 Å². The van der Waals surface area contributed by atoms with Crippen molar-refractivity contribution in [3.63, 3.8) is 0 Å². The van der Waals surface area contributed by atoms with E-state index in [1.165, 1.54) is 0 Å². The first-order chi connectivity index (χ1) is 6.59. The zero-order chi connectivity index (χ0) is 10.6. The third-order valence-electron chi connectivity index (χ3n) is 1.65. The van der Waals surface area contributed by atoms with Crippen molar-refractivity contribution in [1.29, 1.82) is 0 Å². The number of aryl methyl sites for hydroxylation is 1. The highest BCUT2D eigenvalue weighted by Crippen LogP contribution is 1.95. The highest BCUT2D eigenvalue weighted by Gasteiger charge is 2.09. The fourth-order valence-electron chi connectivity index (χ4n) is 0.997. The Morgan fingerprint density at radius 1 is 1.64 bits per heavy atom. The Balaban J connectivity index is 2.29. The maximum Gasteiger partial charge on any atom is 0.394 e. The largest absolute Gasteiger partial charge is 0.474 e. The molecule has 6 nitrogen and oxygen atoms in total. The normalized spacial score (nSPS) is 9.79. The quantitative estimate of drug-likeness (QED) is 0.619. The molecule has 0 unspecified atom stereocenters. The summed E-state index contributed by atoms with van der Waals surface area (Å²) in [6.45, 7) is 0.302. The Kier molecular flexibility index (Phi) is 3.22. The maximum atomic E-state index is 10.6. The number of aromatic nitrogens is 2. The van der Waals surface area contributed by atoms with Gasteiger partial charge in [-0.25, -0.2) is 4.79 Å². The minimum atomic E-state index is -1.46. The lowest BCUT2D eigenvalue weighted by molar-refractivity contribution is -0.150. The van der Waals surface area contributed by atoms with Crippen molar-refractivity contribution in [3.05, 3.63) is 18.0 Å². The summed E-state index contributed by atoms with van der Waals surface area (Å²) in [5.74, 6) is -2.44. The van der Waals surface area contributed by atoms with Crippen LogP contribution in [0.2, 0.25) is 0 Å². The lowest BCUT2D eigenvalue weighted by Crippen LogP contribution is -2.32. The summed E-state index contributed by atoms with van der Waals surface area (Å²) in [6, 6.07) is 0. The third-order valence-corrected chi connectivity index (χ3v) is 1.65. The summed E-state index contributed by atoms with van der Waals surface area (Å²) >= 11 is 0. The zero-order valence-electron chi connectivity index (χ0n) is 7.73. The number of carboxylic acid groups (broad SMARTS) is 1. The molecule has 1 amide bonds. The fourth-order valence-corrected chi connectivity index (χ4v) is 0.997. The molecule has 14 heavy (non-hydrogen) atoms. The van der Waals surface area contributed by atoms with Crippen molar-refractivity contribution in [2.75, 3.05) is 6.54 Å². The predicted octanol–water partition coefficient (Wildman–Crippen LogP) is -0.837. The predicted molar refractivity (Wildman–Crippen MR) is 47.6 cm³/mol. The number of hydrogen-bond acceptors (Lipinski definition) is 3. The van der Waals surface area contributed by atoms with Crippen molar-refractivity contribution >= 4 is 11.9 Å². The number of rotatable bonds is 3. The van der Waals surface area contributed by atoms with Gasteiger partial charge in [-0.1, -0.05) is 0 Å². The van der Waals surface area contributed by atoms with Crippen LogP contribution in [-0.2, 0) is 23.1 Å². The van der Waals surface area contributed by atoms with Crippen LogP contribution in [0.3, 0.4) is 0 Å². The highest BCUT2D eigenvalue weighted by atomic mass is 16.4. The Hall–Kier alpha value is -1.85. The molecule has 0 spiro atoms. The van der Waals surface area contributed by atoms with Crippen LogP contribution < -0.4 is 5.32 Å². The second-order valence-electron chi connectivity index (χ2n) is 2.83. The number of carbonyl (C=O) groups excluding carboxylic acids is 1. The van der Waals surface area contributed by atoms with Gasteiger partial charge in [0.1, 0.15) is 0 Å². The summed E-state index contributed by atoms with van der Waals surface area (Å²) in [6.07, 6.45) is 4.06. The first-order valence-electron chi connectivity index (χ1n) is 4.08. The number of carbonyl (C=O) groups is 2. The van der Waals surface area contributed by atoms with Gasteiger partial charge >= 0.3 is 11.9 Å². The number of aliphatic carboxylic acids is 1. The van der Waals surface area contributed by atoms with Crippen molar-refractivity contribution in [3.8, 4) is 0 Å². The molecule has 1 aromatic rings. The van der Waals surface area contributed by atoms with Gasteiger partial charge in [-0.3, -0.25) is 9.48 Å². The topological polar surface area (TPSA) is 84.2 Å². The molecule has 1 aromatic heterocycles. The summed E-state index contributed by atoms with van der Waals surface area (Å²) in [5, 5.41) is 14.5. The Morgan fingerprint density at radius 3 is 2.86 bits per heavy atom. The standard InChI is InChI=1S/C8H11N3O3/c1-11-5-6(4-10-11)2-3-9-7(12)8(13)14/h4-5H,2-3H2,1H3,(H,9,12)(H,13,14). The molecular formula is C8H11N3O3. The van der Waals surface area contributed by atoms with Gasteiger partial charge < -0.3 is 10.4 Å². The van der Waals surface area contributed by atoms with Gasteiger partial charge in [-0.15, -0.1) is 0 Å². The molecule has 0 saturated carbocycles. The molecule has 0 aliphatic carbocycles. The SMILES string of the molecule is Cn1cc(CCNC(=O)C(=O)O)cn1. The summed E-state index contributed by atoms with van der Waals surface area (Å²) in [4.78, 5) is 20.7. The molecule has 0 radical (unpaired) electrons. The van der Waals surface area contributed by atoms with E-state index in [4.69, 9.17) is 5.11 Å². The molecule has 1 heterocycles. The van der Waals surface area contributed by atoms with Crippen LogP contribution in [0.15, 0.2) is 12.4 Å².